The second-order valence-corrected chi connectivity index (χ2v) is 7.55. The molecule has 0 spiro atoms. The van der Waals surface area contributed by atoms with Gasteiger partial charge in [0, 0.05) is 6.04 Å². The molecular weight excluding hydrogens is 310 g/mol. The summed E-state index contributed by atoms with van der Waals surface area (Å²) in [5.74, 6) is 0.976. The van der Waals surface area contributed by atoms with Crippen LogP contribution in [0.5, 0.6) is 0 Å². The second kappa shape index (κ2) is 6.71. The third kappa shape index (κ3) is 3.82. The molecule has 1 aliphatic carbocycles. The molecule has 1 N–H and O–H groups in total. The maximum Gasteiger partial charge on any atom is 0.261 e. The Morgan fingerprint density at radius 3 is 2.67 bits per heavy atom. The van der Waals surface area contributed by atoms with Gasteiger partial charge in [-0.1, -0.05) is 19.8 Å². The van der Waals surface area contributed by atoms with Gasteiger partial charge in [0.1, 0.15) is 0 Å². The minimum Gasteiger partial charge on any atom is -0.349 e. The van der Waals surface area contributed by atoms with Gasteiger partial charge in [-0.3, -0.25) is 4.79 Å². The zero-order valence-corrected chi connectivity index (χ0v) is 13.1. The minimum absolute atomic E-state index is 0.0876. The first-order chi connectivity index (χ1) is 8.69. The van der Waals surface area contributed by atoms with Gasteiger partial charge in [-0.05, 0) is 59.7 Å². The van der Waals surface area contributed by atoms with E-state index < -0.39 is 0 Å². The van der Waals surface area contributed by atoms with E-state index in [-0.39, 0.29) is 5.91 Å². The van der Waals surface area contributed by atoms with Crippen molar-refractivity contribution in [1.29, 1.82) is 0 Å². The summed E-state index contributed by atoms with van der Waals surface area (Å²) in [6, 6.07) is 4.19. The molecule has 0 radical (unpaired) electrons. The Labute approximate surface area is 121 Å². The molecule has 4 heteroatoms. The van der Waals surface area contributed by atoms with Crippen LogP contribution in [-0.2, 0) is 0 Å². The van der Waals surface area contributed by atoms with Gasteiger partial charge in [0.05, 0.1) is 8.66 Å². The van der Waals surface area contributed by atoms with Crippen LogP contribution in [0.3, 0.4) is 0 Å². The van der Waals surface area contributed by atoms with Crippen molar-refractivity contribution in [2.24, 2.45) is 5.92 Å². The number of carbonyl (C=O) groups is 1. The van der Waals surface area contributed by atoms with E-state index in [1.54, 1.807) is 0 Å². The first kappa shape index (κ1) is 14.1. The number of thiophene rings is 1. The molecule has 1 saturated carbocycles. The number of hydrogen-bond acceptors (Lipinski definition) is 2. The zero-order chi connectivity index (χ0) is 13.0. The van der Waals surface area contributed by atoms with Crippen LogP contribution in [0.15, 0.2) is 15.9 Å². The molecule has 1 aromatic rings. The van der Waals surface area contributed by atoms with E-state index in [9.17, 15) is 4.79 Å². The Hall–Kier alpha value is -0.350. The first-order valence-electron chi connectivity index (χ1n) is 6.75. The van der Waals surface area contributed by atoms with E-state index in [0.717, 1.165) is 27.4 Å². The molecule has 1 aromatic heterocycles. The highest BCUT2D eigenvalue weighted by Gasteiger charge is 2.22. The molecule has 1 amide bonds. The molecule has 1 fully saturated rings. The van der Waals surface area contributed by atoms with Crippen molar-refractivity contribution in [1.82, 2.24) is 5.32 Å². The van der Waals surface area contributed by atoms with Crippen molar-refractivity contribution in [3.05, 3.63) is 20.8 Å². The van der Waals surface area contributed by atoms with Crippen LogP contribution < -0.4 is 5.32 Å². The average Bonchev–Trinajstić information content (AvgIpc) is 2.79. The Balaban J connectivity index is 1.79. The number of halogens is 1. The number of amides is 1. The topological polar surface area (TPSA) is 29.1 Å². The Bertz CT molecular complexity index is 396. The fourth-order valence-electron chi connectivity index (χ4n) is 2.70. The smallest absolute Gasteiger partial charge is 0.261 e. The summed E-state index contributed by atoms with van der Waals surface area (Å²) < 4.78 is 1.01. The molecule has 0 unspecified atom stereocenters. The molecule has 2 nitrogen and oxygen atoms in total. The van der Waals surface area contributed by atoms with E-state index in [2.05, 4.69) is 28.2 Å². The van der Waals surface area contributed by atoms with Crippen LogP contribution in [-0.4, -0.2) is 11.9 Å². The van der Waals surface area contributed by atoms with Crippen molar-refractivity contribution >= 4 is 33.2 Å². The molecule has 0 bridgehead atoms. The molecule has 1 aliphatic rings. The van der Waals surface area contributed by atoms with Crippen molar-refractivity contribution in [2.75, 3.05) is 0 Å². The van der Waals surface area contributed by atoms with E-state index in [1.807, 2.05) is 12.1 Å². The SMILES string of the molecule is CCCC1CCC(NC(=O)c2ccc(Br)s2)CC1. The lowest BCUT2D eigenvalue weighted by Gasteiger charge is -2.28. The van der Waals surface area contributed by atoms with Crippen LogP contribution in [0.4, 0.5) is 0 Å². The Morgan fingerprint density at radius 2 is 2.11 bits per heavy atom. The van der Waals surface area contributed by atoms with Crippen LogP contribution in [0.25, 0.3) is 0 Å². The van der Waals surface area contributed by atoms with E-state index in [4.69, 9.17) is 0 Å². The Morgan fingerprint density at radius 1 is 1.39 bits per heavy atom. The molecule has 100 valence electrons. The maximum absolute atomic E-state index is 12.0. The maximum atomic E-state index is 12.0. The van der Waals surface area contributed by atoms with E-state index >= 15 is 0 Å². The van der Waals surface area contributed by atoms with Gasteiger partial charge in [-0.2, -0.15) is 0 Å². The predicted molar refractivity (Wildman–Crippen MR) is 80.1 cm³/mol. The molecule has 2 rings (SSSR count). The highest BCUT2D eigenvalue weighted by molar-refractivity contribution is 9.11. The molecular formula is C14H20BrNOS. The summed E-state index contributed by atoms with van der Waals surface area (Å²) in [6.45, 7) is 2.25. The monoisotopic (exact) mass is 329 g/mol. The molecule has 0 saturated heterocycles. The normalized spacial score (nSPS) is 23.9. The molecule has 0 atom stereocenters. The summed E-state index contributed by atoms with van der Waals surface area (Å²) in [4.78, 5) is 12.8. The standard InChI is InChI=1S/C14H20BrNOS/c1-2-3-10-4-6-11(7-5-10)16-14(17)12-8-9-13(15)18-12/h8-11H,2-7H2,1H3,(H,16,17). The van der Waals surface area contributed by atoms with Crippen LogP contribution >= 0.6 is 27.3 Å². The first-order valence-corrected chi connectivity index (χ1v) is 8.36. The van der Waals surface area contributed by atoms with Crippen molar-refractivity contribution in [3.63, 3.8) is 0 Å². The van der Waals surface area contributed by atoms with Crippen molar-refractivity contribution in [2.45, 2.75) is 51.5 Å². The third-order valence-electron chi connectivity index (χ3n) is 3.68. The molecule has 0 aromatic carbocycles. The summed E-state index contributed by atoms with van der Waals surface area (Å²) in [6.07, 6.45) is 7.45. The van der Waals surface area contributed by atoms with Crippen molar-refractivity contribution in [3.8, 4) is 0 Å². The summed E-state index contributed by atoms with van der Waals surface area (Å²) in [7, 11) is 0. The Kier molecular flexibility index (Phi) is 5.25. The van der Waals surface area contributed by atoms with Gasteiger partial charge in [0.15, 0.2) is 0 Å². The van der Waals surface area contributed by atoms with E-state index in [1.165, 1.54) is 37.0 Å². The van der Waals surface area contributed by atoms with E-state index in [0.29, 0.717) is 6.04 Å². The van der Waals surface area contributed by atoms with Gasteiger partial charge >= 0.3 is 0 Å². The van der Waals surface area contributed by atoms with Gasteiger partial charge in [0.25, 0.3) is 5.91 Å². The number of nitrogens with one attached hydrogen (secondary N) is 1. The lowest BCUT2D eigenvalue weighted by atomic mass is 9.83. The zero-order valence-electron chi connectivity index (χ0n) is 10.7. The van der Waals surface area contributed by atoms with Crippen LogP contribution in [0.2, 0.25) is 0 Å². The summed E-state index contributed by atoms with van der Waals surface area (Å²) in [5, 5.41) is 3.16. The summed E-state index contributed by atoms with van der Waals surface area (Å²) in [5.41, 5.74) is 0. The average molecular weight is 330 g/mol. The van der Waals surface area contributed by atoms with Crippen LogP contribution in [0.1, 0.15) is 55.1 Å². The highest BCUT2D eigenvalue weighted by Crippen LogP contribution is 2.28. The summed E-state index contributed by atoms with van der Waals surface area (Å²) >= 11 is 4.89. The molecule has 1 heterocycles. The second-order valence-electron chi connectivity index (χ2n) is 5.08. The van der Waals surface area contributed by atoms with Gasteiger partial charge < -0.3 is 5.32 Å². The largest absolute Gasteiger partial charge is 0.349 e. The van der Waals surface area contributed by atoms with Gasteiger partial charge in [-0.25, -0.2) is 0 Å². The third-order valence-corrected chi connectivity index (χ3v) is 5.30. The van der Waals surface area contributed by atoms with Gasteiger partial charge in [-0.15, -0.1) is 11.3 Å². The quantitative estimate of drug-likeness (QED) is 0.859. The van der Waals surface area contributed by atoms with Crippen molar-refractivity contribution < 1.29 is 4.79 Å². The fourth-order valence-corrected chi connectivity index (χ4v) is 3.99. The van der Waals surface area contributed by atoms with Crippen LogP contribution in [0, 0.1) is 5.92 Å². The lowest BCUT2D eigenvalue weighted by Crippen LogP contribution is -2.37. The highest BCUT2D eigenvalue weighted by atomic mass is 79.9. The molecule has 18 heavy (non-hydrogen) atoms. The minimum atomic E-state index is 0.0876. The van der Waals surface area contributed by atoms with Gasteiger partial charge in [0.2, 0.25) is 0 Å². The fraction of sp³-hybridized carbons (Fsp3) is 0.643. The number of hydrogen-bond donors (Lipinski definition) is 1. The number of carbonyl (C=O) groups excluding carboxylic acids is 1. The predicted octanol–water partition coefficient (Wildman–Crippen LogP) is 4.60. The molecule has 0 aliphatic heterocycles. The number of rotatable bonds is 4. The lowest BCUT2D eigenvalue weighted by molar-refractivity contribution is 0.0925.